The zero-order valence-electron chi connectivity index (χ0n) is 13.7. The van der Waals surface area contributed by atoms with E-state index in [0.29, 0.717) is 19.8 Å². The van der Waals surface area contributed by atoms with Gasteiger partial charge < -0.3 is 14.2 Å². The van der Waals surface area contributed by atoms with E-state index in [0.717, 1.165) is 17.8 Å². The molecule has 1 amide bonds. The highest BCUT2D eigenvalue weighted by molar-refractivity contribution is 5.79. The van der Waals surface area contributed by atoms with E-state index in [-0.39, 0.29) is 17.9 Å². The summed E-state index contributed by atoms with van der Waals surface area (Å²) >= 11 is 0. The molecule has 0 bridgehead atoms. The van der Waals surface area contributed by atoms with E-state index >= 15 is 0 Å². The van der Waals surface area contributed by atoms with Crippen LogP contribution in [-0.4, -0.2) is 33.6 Å². The molecule has 0 aliphatic carbocycles. The second-order valence-electron chi connectivity index (χ2n) is 6.07. The summed E-state index contributed by atoms with van der Waals surface area (Å²) in [6.45, 7) is 3.78. The second-order valence-corrected chi connectivity index (χ2v) is 6.07. The maximum atomic E-state index is 13.0. The predicted molar refractivity (Wildman–Crippen MR) is 87.5 cm³/mol. The minimum Gasteiger partial charge on any atom is -0.381 e. The number of rotatable bonds is 5. The van der Waals surface area contributed by atoms with Crippen molar-refractivity contribution in [2.75, 3.05) is 13.2 Å². The van der Waals surface area contributed by atoms with Gasteiger partial charge in [-0.05, 0) is 18.9 Å². The SMILES string of the molecule is C[C@@H](c1ccccc1)N(Cc1nccn1C)C(=O)[C@@H]1CCOC1. The summed E-state index contributed by atoms with van der Waals surface area (Å²) < 4.78 is 7.37. The molecule has 1 fully saturated rings. The molecule has 2 aromatic rings. The van der Waals surface area contributed by atoms with Crippen LogP contribution in [0.2, 0.25) is 0 Å². The fourth-order valence-corrected chi connectivity index (χ4v) is 2.98. The fraction of sp³-hybridized carbons (Fsp3) is 0.444. The Balaban J connectivity index is 1.86. The van der Waals surface area contributed by atoms with Gasteiger partial charge in [0, 0.05) is 26.0 Å². The number of aromatic nitrogens is 2. The summed E-state index contributed by atoms with van der Waals surface area (Å²) in [6, 6.07) is 10.1. The van der Waals surface area contributed by atoms with Gasteiger partial charge in [-0.25, -0.2) is 4.98 Å². The number of hydrogen-bond acceptors (Lipinski definition) is 3. The highest BCUT2D eigenvalue weighted by Crippen LogP contribution is 2.26. The van der Waals surface area contributed by atoms with Crippen molar-refractivity contribution < 1.29 is 9.53 Å². The van der Waals surface area contributed by atoms with Gasteiger partial charge in [-0.3, -0.25) is 4.79 Å². The Bertz CT molecular complexity index is 647. The van der Waals surface area contributed by atoms with E-state index in [4.69, 9.17) is 4.74 Å². The summed E-state index contributed by atoms with van der Waals surface area (Å²) in [6.07, 6.45) is 4.48. The number of aryl methyl sites for hydroxylation is 1. The molecule has 1 aromatic carbocycles. The fourth-order valence-electron chi connectivity index (χ4n) is 2.98. The van der Waals surface area contributed by atoms with Crippen LogP contribution in [-0.2, 0) is 23.1 Å². The Hall–Kier alpha value is -2.14. The first-order chi connectivity index (χ1) is 11.2. The largest absolute Gasteiger partial charge is 0.381 e. The number of amides is 1. The van der Waals surface area contributed by atoms with Crippen LogP contribution >= 0.6 is 0 Å². The number of carbonyl (C=O) groups is 1. The lowest BCUT2D eigenvalue weighted by Gasteiger charge is -2.31. The monoisotopic (exact) mass is 313 g/mol. The lowest BCUT2D eigenvalue weighted by atomic mass is 10.0. The lowest BCUT2D eigenvalue weighted by molar-refractivity contribution is -0.138. The van der Waals surface area contributed by atoms with Crippen LogP contribution in [0.1, 0.15) is 30.8 Å². The van der Waals surface area contributed by atoms with Crippen molar-refractivity contribution in [1.29, 1.82) is 0 Å². The molecule has 5 heteroatoms. The third-order valence-corrected chi connectivity index (χ3v) is 4.54. The van der Waals surface area contributed by atoms with Crippen molar-refractivity contribution in [3.8, 4) is 0 Å². The summed E-state index contributed by atoms with van der Waals surface area (Å²) in [7, 11) is 1.96. The van der Waals surface area contributed by atoms with E-state index in [1.807, 2.05) is 40.9 Å². The van der Waals surface area contributed by atoms with Gasteiger partial charge in [0.2, 0.25) is 5.91 Å². The average Bonchev–Trinajstić information content (AvgIpc) is 3.24. The minimum absolute atomic E-state index is 0.000926. The summed E-state index contributed by atoms with van der Waals surface area (Å²) in [5.74, 6) is 1.00. The van der Waals surface area contributed by atoms with Gasteiger partial charge in [0.1, 0.15) is 5.82 Å². The lowest BCUT2D eigenvalue weighted by Crippen LogP contribution is -2.38. The summed E-state index contributed by atoms with van der Waals surface area (Å²) in [4.78, 5) is 19.3. The molecular formula is C18H23N3O2. The van der Waals surface area contributed by atoms with Gasteiger partial charge >= 0.3 is 0 Å². The number of carbonyl (C=O) groups excluding carboxylic acids is 1. The van der Waals surface area contributed by atoms with E-state index in [9.17, 15) is 4.79 Å². The Kier molecular flexibility index (Phi) is 4.76. The molecular weight excluding hydrogens is 290 g/mol. The molecule has 23 heavy (non-hydrogen) atoms. The van der Waals surface area contributed by atoms with Crippen LogP contribution in [0.4, 0.5) is 0 Å². The van der Waals surface area contributed by atoms with Crippen molar-refractivity contribution in [3.05, 3.63) is 54.1 Å². The third kappa shape index (κ3) is 3.45. The van der Waals surface area contributed by atoms with Gasteiger partial charge in [-0.1, -0.05) is 30.3 Å². The smallest absolute Gasteiger partial charge is 0.229 e. The van der Waals surface area contributed by atoms with Crippen molar-refractivity contribution in [1.82, 2.24) is 14.5 Å². The molecule has 0 unspecified atom stereocenters. The van der Waals surface area contributed by atoms with Crippen LogP contribution in [0.15, 0.2) is 42.7 Å². The molecule has 1 aromatic heterocycles. The quantitative estimate of drug-likeness (QED) is 0.852. The van der Waals surface area contributed by atoms with Gasteiger partial charge in [0.25, 0.3) is 0 Å². The Morgan fingerprint density at radius 1 is 1.43 bits per heavy atom. The Labute approximate surface area is 136 Å². The van der Waals surface area contributed by atoms with Crippen molar-refractivity contribution in [2.45, 2.75) is 25.9 Å². The van der Waals surface area contributed by atoms with Crippen molar-refractivity contribution in [2.24, 2.45) is 13.0 Å². The minimum atomic E-state index is -0.0403. The predicted octanol–water partition coefficient (Wildman–Crippen LogP) is 2.55. The van der Waals surface area contributed by atoms with Crippen molar-refractivity contribution in [3.63, 3.8) is 0 Å². The maximum absolute atomic E-state index is 13.0. The first kappa shape index (κ1) is 15.7. The number of imidazole rings is 1. The van der Waals surface area contributed by atoms with Crippen LogP contribution in [0.5, 0.6) is 0 Å². The zero-order chi connectivity index (χ0) is 16.2. The molecule has 2 atom stereocenters. The van der Waals surface area contributed by atoms with E-state index in [2.05, 4.69) is 24.0 Å². The van der Waals surface area contributed by atoms with Gasteiger partial charge in [0.05, 0.1) is 25.1 Å². The average molecular weight is 313 g/mol. The van der Waals surface area contributed by atoms with Crippen LogP contribution in [0.3, 0.4) is 0 Å². The summed E-state index contributed by atoms with van der Waals surface area (Å²) in [5, 5.41) is 0. The molecule has 0 saturated carbocycles. The number of hydrogen-bond donors (Lipinski definition) is 0. The van der Waals surface area contributed by atoms with E-state index < -0.39 is 0 Å². The highest BCUT2D eigenvalue weighted by atomic mass is 16.5. The number of benzene rings is 1. The second kappa shape index (κ2) is 6.96. The number of ether oxygens (including phenoxy) is 1. The molecule has 5 nitrogen and oxygen atoms in total. The normalized spacial score (nSPS) is 18.8. The first-order valence-corrected chi connectivity index (χ1v) is 8.06. The van der Waals surface area contributed by atoms with Crippen LogP contribution in [0.25, 0.3) is 0 Å². The molecule has 1 aliphatic rings. The Morgan fingerprint density at radius 3 is 2.83 bits per heavy atom. The van der Waals surface area contributed by atoms with Crippen LogP contribution in [0, 0.1) is 5.92 Å². The van der Waals surface area contributed by atoms with E-state index in [1.165, 1.54) is 0 Å². The first-order valence-electron chi connectivity index (χ1n) is 8.06. The standard InChI is InChI=1S/C18H23N3O2/c1-14(15-6-4-3-5-7-15)21(12-17-19-9-10-20(17)2)18(22)16-8-11-23-13-16/h3-7,9-10,14,16H,8,11-13H2,1-2H3/t14-,16+/m0/s1. The molecule has 0 spiro atoms. The number of nitrogens with zero attached hydrogens (tertiary/aromatic N) is 3. The molecule has 122 valence electrons. The molecule has 2 heterocycles. The topological polar surface area (TPSA) is 47.4 Å². The third-order valence-electron chi connectivity index (χ3n) is 4.54. The van der Waals surface area contributed by atoms with Gasteiger partial charge in [-0.15, -0.1) is 0 Å². The van der Waals surface area contributed by atoms with Crippen molar-refractivity contribution >= 4 is 5.91 Å². The van der Waals surface area contributed by atoms with E-state index in [1.54, 1.807) is 6.20 Å². The van der Waals surface area contributed by atoms with Gasteiger partial charge in [0.15, 0.2) is 0 Å². The maximum Gasteiger partial charge on any atom is 0.229 e. The molecule has 1 saturated heterocycles. The highest BCUT2D eigenvalue weighted by Gasteiger charge is 2.31. The molecule has 0 radical (unpaired) electrons. The Morgan fingerprint density at radius 2 is 2.22 bits per heavy atom. The van der Waals surface area contributed by atoms with Gasteiger partial charge in [-0.2, -0.15) is 0 Å². The summed E-state index contributed by atoms with van der Waals surface area (Å²) in [5.41, 5.74) is 1.13. The molecule has 3 rings (SSSR count). The van der Waals surface area contributed by atoms with Crippen LogP contribution < -0.4 is 0 Å². The molecule has 0 N–H and O–H groups in total. The zero-order valence-corrected chi connectivity index (χ0v) is 13.7. The molecule has 1 aliphatic heterocycles.